The van der Waals surface area contributed by atoms with Crippen LogP contribution in [0.1, 0.15) is 33.6 Å². The van der Waals surface area contributed by atoms with E-state index in [1.54, 1.807) is 0 Å². The van der Waals surface area contributed by atoms with Crippen LogP contribution in [0.2, 0.25) is 0 Å². The number of piperazine rings is 1. The van der Waals surface area contributed by atoms with Gasteiger partial charge in [-0.25, -0.2) is 0 Å². The molecule has 0 bridgehead atoms. The molecule has 0 aromatic heterocycles. The van der Waals surface area contributed by atoms with Crippen molar-refractivity contribution in [3.8, 4) is 0 Å². The smallest absolute Gasteiger partial charge is 0.239 e. The van der Waals surface area contributed by atoms with Crippen LogP contribution < -0.4 is 5.32 Å². The zero-order valence-corrected chi connectivity index (χ0v) is 12.0. The van der Waals surface area contributed by atoms with Gasteiger partial charge in [-0.2, -0.15) is 0 Å². The first-order valence-corrected chi connectivity index (χ1v) is 7.34. The third-order valence-electron chi connectivity index (χ3n) is 4.32. The summed E-state index contributed by atoms with van der Waals surface area (Å²) in [4.78, 5) is 16.9. The molecule has 2 rings (SSSR count). The van der Waals surface area contributed by atoms with E-state index in [2.05, 4.69) is 35.9 Å². The summed E-state index contributed by atoms with van der Waals surface area (Å²) in [5, 5.41) is 3.38. The van der Waals surface area contributed by atoms with Crippen molar-refractivity contribution in [2.24, 2.45) is 5.92 Å². The second kappa shape index (κ2) is 6.02. The normalized spacial score (nSPS) is 30.8. The average Bonchev–Trinajstić information content (AvgIpc) is 2.38. The number of nitrogens with one attached hydrogen (secondary N) is 1. The molecule has 104 valence electrons. The fourth-order valence-electron chi connectivity index (χ4n) is 2.97. The van der Waals surface area contributed by atoms with E-state index in [0.717, 1.165) is 39.1 Å². The molecule has 2 saturated heterocycles. The van der Waals surface area contributed by atoms with E-state index in [9.17, 15) is 4.79 Å². The molecular formula is C14H27N3O. The number of carbonyl (C=O) groups excluding carboxylic acids is 1. The lowest BCUT2D eigenvalue weighted by Crippen LogP contribution is -2.56. The molecule has 2 aliphatic rings. The van der Waals surface area contributed by atoms with Gasteiger partial charge in [0.15, 0.2) is 0 Å². The fourth-order valence-corrected chi connectivity index (χ4v) is 2.97. The van der Waals surface area contributed by atoms with E-state index in [4.69, 9.17) is 0 Å². The lowest BCUT2D eigenvalue weighted by molar-refractivity contribution is -0.136. The first kappa shape index (κ1) is 13.8. The van der Waals surface area contributed by atoms with Crippen molar-refractivity contribution < 1.29 is 4.79 Å². The van der Waals surface area contributed by atoms with Gasteiger partial charge >= 0.3 is 0 Å². The van der Waals surface area contributed by atoms with E-state index >= 15 is 0 Å². The van der Waals surface area contributed by atoms with Gasteiger partial charge in [0.1, 0.15) is 0 Å². The van der Waals surface area contributed by atoms with Gasteiger partial charge in [-0.05, 0) is 39.2 Å². The molecule has 2 aliphatic heterocycles. The van der Waals surface area contributed by atoms with Crippen LogP contribution in [0.4, 0.5) is 0 Å². The van der Waals surface area contributed by atoms with Crippen LogP contribution in [0.25, 0.3) is 0 Å². The van der Waals surface area contributed by atoms with Crippen LogP contribution >= 0.6 is 0 Å². The molecule has 2 fully saturated rings. The third kappa shape index (κ3) is 3.23. The first-order chi connectivity index (χ1) is 8.58. The number of carbonyl (C=O) groups is 1. The summed E-state index contributed by atoms with van der Waals surface area (Å²) < 4.78 is 0. The molecular weight excluding hydrogens is 226 g/mol. The molecule has 1 N–H and O–H groups in total. The van der Waals surface area contributed by atoms with Crippen molar-refractivity contribution in [2.45, 2.75) is 45.7 Å². The van der Waals surface area contributed by atoms with Gasteiger partial charge in [0.05, 0.1) is 6.04 Å². The maximum absolute atomic E-state index is 12.4. The molecule has 0 aromatic rings. The first-order valence-electron chi connectivity index (χ1n) is 7.34. The summed E-state index contributed by atoms with van der Waals surface area (Å²) in [6, 6.07) is 0.662. The Hall–Kier alpha value is -0.610. The second-order valence-electron chi connectivity index (χ2n) is 6.09. The van der Waals surface area contributed by atoms with Crippen LogP contribution in [0.15, 0.2) is 0 Å². The number of amides is 1. The zero-order valence-electron chi connectivity index (χ0n) is 12.0. The number of rotatable bonds is 2. The molecule has 2 atom stereocenters. The minimum atomic E-state index is 0.0688. The van der Waals surface area contributed by atoms with Gasteiger partial charge in [-0.3, -0.25) is 9.69 Å². The average molecular weight is 253 g/mol. The molecule has 2 heterocycles. The third-order valence-corrected chi connectivity index (χ3v) is 4.32. The maximum atomic E-state index is 12.4. The quantitative estimate of drug-likeness (QED) is 0.795. The number of nitrogens with zero attached hydrogens (tertiary/aromatic N) is 2. The standard InChI is InChI=1S/C14H27N3O/c1-11(2)16-6-8-17(9-7-16)14(18)13-10-12(3)4-5-15-13/h11-13,15H,4-10H2,1-3H3. The van der Waals surface area contributed by atoms with Gasteiger partial charge < -0.3 is 10.2 Å². The molecule has 1 amide bonds. The molecule has 0 radical (unpaired) electrons. The zero-order chi connectivity index (χ0) is 13.1. The van der Waals surface area contributed by atoms with Gasteiger partial charge in [0.2, 0.25) is 5.91 Å². The Balaban J connectivity index is 1.83. The Kier molecular flexibility index (Phi) is 4.62. The second-order valence-corrected chi connectivity index (χ2v) is 6.09. The van der Waals surface area contributed by atoms with Crippen LogP contribution in [0.5, 0.6) is 0 Å². The van der Waals surface area contributed by atoms with Gasteiger partial charge in [0, 0.05) is 32.2 Å². The topological polar surface area (TPSA) is 35.6 Å². The van der Waals surface area contributed by atoms with E-state index < -0.39 is 0 Å². The van der Waals surface area contributed by atoms with E-state index in [0.29, 0.717) is 17.9 Å². The van der Waals surface area contributed by atoms with E-state index in [-0.39, 0.29) is 6.04 Å². The Morgan fingerprint density at radius 3 is 2.44 bits per heavy atom. The molecule has 0 aliphatic carbocycles. The minimum absolute atomic E-state index is 0.0688. The molecule has 0 spiro atoms. The summed E-state index contributed by atoms with van der Waals surface area (Å²) in [5.41, 5.74) is 0. The minimum Gasteiger partial charge on any atom is -0.339 e. The molecule has 0 aromatic carbocycles. The summed E-state index contributed by atoms with van der Waals surface area (Å²) in [6.07, 6.45) is 2.20. The Labute approximate surface area is 111 Å². The van der Waals surface area contributed by atoms with Gasteiger partial charge in [0.25, 0.3) is 0 Å². The highest BCUT2D eigenvalue weighted by atomic mass is 16.2. The molecule has 0 saturated carbocycles. The maximum Gasteiger partial charge on any atom is 0.239 e. The number of hydrogen-bond donors (Lipinski definition) is 1. The summed E-state index contributed by atoms with van der Waals surface area (Å²) in [7, 11) is 0. The van der Waals surface area contributed by atoms with Crippen molar-refractivity contribution in [3.63, 3.8) is 0 Å². The molecule has 4 heteroatoms. The summed E-state index contributed by atoms with van der Waals surface area (Å²) in [5.74, 6) is 1.00. The van der Waals surface area contributed by atoms with E-state index in [1.165, 1.54) is 6.42 Å². The molecule has 2 unspecified atom stereocenters. The largest absolute Gasteiger partial charge is 0.339 e. The summed E-state index contributed by atoms with van der Waals surface area (Å²) in [6.45, 7) is 11.5. The Morgan fingerprint density at radius 2 is 1.89 bits per heavy atom. The number of piperidine rings is 1. The predicted octanol–water partition coefficient (Wildman–Crippen LogP) is 0.927. The lowest BCUT2D eigenvalue weighted by atomic mass is 9.93. The SMILES string of the molecule is CC1CCNC(C(=O)N2CCN(C(C)C)CC2)C1. The Morgan fingerprint density at radius 1 is 1.22 bits per heavy atom. The van der Waals surface area contributed by atoms with E-state index in [1.807, 2.05) is 0 Å². The molecule has 4 nitrogen and oxygen atoms in total. The number of hydrogen-bond acceptors (Lipinski definition) is 3. The lowest BCUT2D eigenvalue weighted by Gasteiger charge is -2.39. The fraction of sp³-hybridized carbons (Fsp3) is 0.929. The highest BCUT2D eigenvalue weighted by Crippen LogP contribution is 2.17. The highest BCUT2D eigenvalue weighted by molar-refractivity contribution is 5.82. The van der Waals surface area contributed by atoms with Crippen LogP contribution in [0, 0.1) is 5.92 Å². The monoisotopic (exact) mass is 253 g/mol. The van der Waals surface area contributed by atoms with Crippen molar-refractivity contribution in [3.05, 3.63) is 0 Å². The van der Waals surface area contributed by atoms with Crippen molar-refractivity contribution in [2.75, 3.05) is 32.7 Å². The van der Waals surface area contributed by atoms with Crippen molar-refractivity contribution >= 4 is 5.91 Å². The van der Waals surface area contributed by atoms with Crippen LogP contribution in [0.3, 0.4) is 0 Å². The predicted molar refractivity (Wildman–Crippen MR) is 73.5 cm³/mol. The molecule has 18 heavy (non-hydrogen) atoms. The summed E-state index contributed by atoms with van der Waals surface area (Å²) >= 11 is 0. The van der Waals surface area contributed by atoms with Crippen molar-refractivity contribution in [1.82, 2.24) is 15.1 Å². The van der Waals surface area contributed by atoms with Gasteiger partial charge in [-0.15, -0.1) is 0 Å². The van der Waals surface area contributed by atoms with Crippen LogP contribution in [-0.2, 0) is 4.79 Å². The highest BCUT2D eigenvalue weighted by Gasteiger charge is 2.30. The Bertz CT molecular complexity index is 285. The van der Waals surface area contributed by atoms with Crippen LogP contribution in [-0.4, -0.2) is 60.5 Å². The van der Waals surface area contributed by atoms with Crippen molar-refractivity contribution in [1.29, 1.82) is 0 Å². The van der Waals surface area contributed by atoms with Gasteiger partial charge in [-0.1, -0.05) is 6.92 Å².